The quantitative estimate of drug-likeness (QED) is 0.620. The molecule has 0 aliphatic heterocycles. The fourth-order valence-corrected chi connectivity index (χ4v) is 3.81. The minimum absolute atomic E-state index is 0.0296. The number of amides is 1. The Kier molecular flexibility index (Phi) is 3.40. The van der Waals surface area contributed by atoms with Gasteiger partial charge in [0.1, 0.15) is 10.6 Å². The summed E-state index contributed by atoms with van der Waals surface area (Å²) >= 11 is 2.87. The zero-order chi connectivity index (χ0) is 15.8. The van der Waals surface area contributed by atoms with Gasteiger partial charge in [0.2, 0.25) is 0 Å². The summed E-state index contributed by atoms with van der Waals surface area (Å²) < 4.78 is 2.44. The second kappa shape index (κ2) is 5.56. The topological polar surface area (TPSA) is 76.4 Å². The van der Waals surface area contributed by atoms with Crippen molar-refractivity contribution in [3.05, 3.63) is 63.0 Å². The molecule has 114 valence electrons. The molecule has 1 aromatic carbocycles. The largest absolute Gasteiger partial charge is 0.345 e. The monoisotopic (exact) mass is 342 g/mol. The van der Waals surface area contributed by atoms with E-state index in [1.54, 1.807) is 11.6 Å². The first-order chi connectivity index (χ1) is 11.2. The third kappa shape index (κ3) is 2.51. The molecule has 0 radical (unpaired) electrons. The number of hydrogen-bond acceptors (Lipinski definition) is 6. The van der Waals surface area contributed by atoms with Gasteiger partial charge in [-0.2, -0.15) is 0 Å². The highest BCUT2D eigenvalue weighted by Gasteiger charge is 2.14. The molecular weight excluding hydrogens is 332 g/mol. The molecule has 4 aromatic rings. The second-order valence-electron chi connectivity index (χ2n) is 4.79. The van der Waals surface area contributed by atoms with Crippen LogP contribution in [0.15, 0.2) is 46.8 Å². The highest BCUT2D eigenvalue weighted by atomic mass is 32.1. The highest BCUT2D eigenvalue weighted by molar-refractivity contribution is 7.18. The van der Waals surface area contributed by atoms with Gasteiger partial charge < -0.3 is 5.32 Å². The summed E-state index contributed by atoms with van der Waals surface area (Å²) in [5.41, 5.74) is 0.572. The van der Waals surface area contributed by atoms with Gasteiger partial charge >= 0.3 is 0 Å². The minimum Gasteiger partial charge on any atom is -0.345 e. The molecule has 1 amide bonds. The molecule has 0 bridgehead atoms. The van der Waals surface area contributed by atoms with E-state index in [2.05, 4.69) is 15.3 Å². The van der Waals surface area contributed by atoms with Crippen molar-refractivity contribution in [2.24, 2.45) is 0 Å². The Morgan fingerprint density at radius 2 is 2.17 bits per heavy atom. The standard InChI is InChI=1S/C15H10N4O2S2/c20-13(9-7-17-15-19(14(9)21)5-6-22-15)16-8-12-18-10-3-1-2-4-11(10)23-12/h1-7H,8H2,(H,16,20). The lowest BCUT2D eigenvalue weighted by atomic mass is 10.3. The fourth-order valence-electron chi connectivity index (χ4n) is 2.23. The van der Waals surface area contributed by atoms with Crippen LogP contribution in [-0.4, -0.2) is 20.3 Å². The summed E-state index contributed by atoms with van der Waals surface area (Å²) in [6.45, 7) is 0.282. The Bertz CT molecular complexity index is 1050. The average Bonchev–Trinajstić information content (AvgIpc) is 3.19. The number of para-hydroxylation sites is 1. The predicted octanol–water partition coefficient (Wildman–Crippen LogP) is 2.30. The number of hydrogen-bond donors (Lipinski definition) is 1. The second-order valence-corrected chi connectivity index (χ2v) is 6.78. The van der Waals surface area contributed by atoms with Gasteiger partial charge in [-0.3, -0.25) is 14.0 Å². The predicted molar refractivity (Wildman–Crippen MR) is 90.1 cm³/mol. The zero-order valence-corrected chi connectivity index (χ0v) is 13.4. The van der Waals surface area contributed by atoms with Crippen molar-refractivity contribution in [3.8, 4) is 0 Å². The number of carbonyl (C=O) groups excluding carboxylic acids is 1. The summed E-state index contributed by atoms with van der Waals surface area (Å²) in [5, 5.41) is 5.29. The molecule has 1 N–H and O–H groups in total. The first-order valence-electron chi connectivity index (χ1n) is 6.80. The van der Waals surface area contributed by atoms with E-state index in [4.69, 9.17) is 0 Å². The van der Waals surface area contributed by atoms with Crippen molar-refractivity contribution in [3.63, 3.8) is 0 Å². The minimum atomic E-state index is -0.442. The van der Waals surface area contributed by atoms with Crippen molar-refractivity contribution in [1.29, 1.82) is 0 Å². The van der Waals surface area contributed by atoms with Crippen LogP contribution in [0.3, 0.4) is 0 Å². The van der Waals surface area contributed by atoms with E-state index in [1.165, 1.54) is 33.3 Å². The van der Waals surface area contributed by atoms with Gasteiger partial charge in [-0.15, -0.1) is 22.7 Å². The number of nitrogens with one attached hydrogen (secondary N) is 1. The van der Waals surface area contributed by atoms with Crippen LogP contribution in [-0.2, 0) is 6.54 Å². The number of nitrogens with zero attached hydrogens (tertiary/aromatic N) is 3. The molecule has 0 saturated carbocycles. The summed E-state index contributed by atoms with van der Waals surface area (Å²) in [6, 6.07) is 7.79. The van der Waals surface area contributed by atoms with Crippen LogP contribution in [0.25, 0.3) is 15.2 Å². The molecule has 8 heteroatoms. The van der Waals surface area contributed by atoms with Crippen LogP contribution in [0.1, 0.15) is 15.4 Å². The summed E-state index contributed by atoms with van der Waals surface area (Å²) in [4.78, 5) is 33.6. The van der Waals surface area contributed by atoms with Gasteiger partial charge in [0, 0.05) is 17.8 Å². The van der Waals surface area contributed by atoms with Crippen molar-refractivity contribution in [2.75, 3.05) is 0 Å². The molecule has 3 heterocycles. The molecule has 0 fully saturated rings. The summed E-state index contributed by atoms with van der Waals surface area (Å²) in [7, 11) is 0. The van der Waals surface area contributed by atoms with Crippen LogP contribution in [0.5, 0.6) is 0 Å². The molecule has 0 aliphatic carbocycles. The number of aromatic nitrogens is 3. The Hall–Kier alpha value is -2.58. The van der Waals surface area contributed by atoms with E-state index in [9.17, 15) is 9.59 Å². The lowest BCUT2D eigenvalue weighted by molar-refractivity contribution is 0.0949. The number of benzene rings is 1. The number of thiazole rings is 2. The molecule has 3 aromatic heterocycles. The van der Waals surface area contributed by atoms with Gasteiger partial charge in [0.05, 0.1) is 16.8 Å². The third-order valence-electron chi connectivity index (χ3n) is 3.33. The highest BCUT2D eigenvalue weighted by Crippen LogP contribution is 2.21. The molecule has 4 rings (SSSR count). The van der Waals surface area contributed by atoms with Gasteiger partial charge in [0.15, 0.2) is 4.96 Å². The zero-order valence-electron chi connectivity index (χ0n) is 11.7. The maximum absolute atomic E-state index is 12.2. The van der Waals surface area contributed by atoms with Gasteiger partial charge in [-0.25, -0.2) is 9.97 Å². The summed E-state index contributed by atoms with van der Waals surface area (Å²) in [6.07, 6.45) is 2.93. The van der Waals surface area contributed by atoms with E-state index < -0.39 is 5.91 Å². The van der Waals surface area contributed by atoms with Crippen LogP contribution >= 0.6 is 22.7 Å². The van der Waals surface area contributed by atoms with Crippen molar-refractivity contribution < 1.29 is 4.79 Å². The maximum Gasteiger partial charge on any atom is 0.271 e. The fraction of sp³-hybridized carbons (Fsp3) is 0.0667. The average molecular weight is 342 g/mol. The Labute approximate surface area is 138 Å². The van der Waals surface area contributed by atoms with E-state index >= 15 is 0 Å². The lowest BCUT2D eigenvalue weighted by Gasteiger charge is -2.02. The maximum atomic E-state index is 12.2. The molecule has 0 spiro atoms. The smallest absolute Gasteiger partial charge is 0.271 e. The van der Waals surface area contributed by atoms with E-state index in [0.717, 1.165) is 15.2 Å². The molecule has 0 atom stereocenters. The Morgan fingerprint density at radius 3 is 3.04 bits per heavy atom. The van der Waals surface area contributed by atoms with Crippen LogP contribution < -0.4 is 10.9 Å². The van der Waals surface area contributed by atoms with Crippen molar-refractivity contribution in [1.82, 2.24) is 19.7 Å². The van der Waals surface area contributed by atoms with E-state index in [-0.39, 0.29) is 17.7 Å². The lowest BCUT2D eigenvalue weighted by Crippen LogP contribution is -2.30. The normalized spacial score (nSPS) is 11.1. The Balaban J connectivity index is 1.57. The van der Waals surface area contributed by atoms with Crippen LogP contribution in [0.2, 0.25) is 0 Å². The number of carbonyl (C=O) groups is 1. The first kappa shape index (κ1) is 14.0. The molecule has 0 aliphatic rings. The molecule has 0 unspecified atom stereocenters. The summed E-state index contributed by atoms with van der Waals surface area (Å²) in [5.74, 6) is -0.442. The molecule has 0 saturated heterocycles. The third-order valence-corrected chi connectivity index (χ3v) is 5.13. The number of rotatable bonds is 3. The van der Waals surface area contributed by atoms with Gasteiger partial charge in [-0.1, -0.05) is 12.1 Å². The van der Waals surface area contributed by atoms with E-state index in [1.807, 2.05) is 24.3 Å². The van der Waals surface area contributed by atoms with E-state index in [0.29, 0.717) is 4.96 Å². The first-order valence-corrected chi connectivity index (χ1v) is 8.49. The van der Waals surface area contributed by atoms with Gasteiger partial charge in [-0.05, 0) is 12.1 Å². The molecular formula is C15H10N4O2S2. The Morgan fingerprint density at radius 1 is 1.30 bits per heavy atom. The SMILES string of the molecule is O=C(NCc1nc2ccccc2s1)c1cnc2sccn2c1=O. The number of fused-ring (bicyclic) bond motifs is 2. The van der Waals surface area contributed by atoms with Gasteiger partial charge in [0.25, 0.3) is 11.5 Å². The van der Waals surface area contributed by atoms with Crippen LogP contribution in [0.4, 0.5) is 0 Å². The van der Waals surface area contributed by atoms with Crippen LogP contribution in [0, 0.1) is 0 Å². The van der Waals surface area contributed by atoms with Crippen molar-refractivity contribution in [2.45, 2.75) is 6.54 Å². The molecule has 23 heavy (non-hydrogen) atoms. The van der Waals surface area contributed by atoms with Crippen molar-refractivity contribution >= 4 is 43.8 Å². The molecule has 6 nitrogen and oxygen atoms in total.